The standard InChI is InChI=1S/C18H28N2O2/c1-4-14-7-9-15(10-8-14)17(18(21)22)20-12-11-19(6-3)16(5-2)13-20/h7-10,16-17H,4-6,11-13H2,1-3H3,(H,21,22). The second-order valence-electron chi connectivity index (χ2n) is 6.02. The maximum absolute atomic E-state index is 11.8. The summed E-state index contributed by atoms with van der Waals surface area (Å²) >= 11 is 0. The Balaban J connectivity index is 2.19. The Hall–Kier alpha value is -1.39. The quantitative estimate of drug-likeness (QED) is 0.877. The number of carboxylic acid groups (broad SMARTS) is 1. The molecule has 22 heavy (non-hydrogen) atoms. The van der Waals surface area contributed by atoms with E-state index in [1.165, 1.54) is 5.56 Å². The molecule has 2 atom stereocenters. The van der Waals surface area contributed by atoms with Crippen molar-refractivity contribution in [2.45, 2.75) is 45.7 Å². The molecule has 1 saturated heterocycles. The Morgan fingerprint density at radius 1 is 1.23 bits per heavy atom. The summed E-state index contributed by atoms with van der Waals surface area (Å²) in [5.74, 6) is -0.746. The number of rotatable bonds is 6. The number of hydrogen-bond acceptors (Lipinski definition) is 3. The molecule has 2 rings (SSSR count). The molecule has 0 aliphatic carbocycles. The first-order valence-corrected chi connectivity index (χ1v) is 8.40. The van der Waals surface area contributed by atoms with Crippen LogP contribution < -0.4 is 0 Å². The van der Waals surface area contributed by atoms with Crippen molar-refractivity contribution in [2.75, 3.05) is 26.2 Å². The van der Waals surface area contributed by atoms with Crippen molar-refractivity contribution in [3.05, 3.63) is 35.4 Å². The third-order valence-corrected chi connectivity index (χ3v) is 4.82. The maximum Gasteiger partial charge on any atom is 0.325 e. The number of benzene rings is 1. The van der Waals surface area contributed by atoms with Crippen LogP contribution in [0.4, 0.5) is 0 Å². The van der Waals surface area contributed by atoms with Crippen LogP contribution in [-0.2, 0) is 11.2 Å². The lowest BCUT2D eigenvalue weighted by Crippen LogP contribution is -2.54. The molecular formula is C18H28N2O2. The van der Waals surface area contributed by atoms with Gasteiger partial charge in [0.1, 0.15) is 6.04 Å². The van der Waals surface area contributed by atoms with Gasteiger partial charge in [-0.25, -0.2) is 0 Å². The van der Waals surface area contributed by atoms with Crippen molar-refractivity contribution in [3.63, 3.8) is 0 Å². The van der Waals surface area contributed by atoms with E-state index in [1.54, 1.807) is 0 Å². The van der Waals surface area contributed by atoms with Crippen molar-refractivity contribution in [1.29, 1.82) is 0 Å². The van der Waals surface area contributed by atoms with E-state index in [0.717, 1.165) is 44.6 Å². The van der Waals surface area contributed by atoms with Gasteiger partial charge >= 0.3 is 5.97 Å². The van der Waals surface area contributed by atoms with E-state index in [1.807, 2.05) is 24.3 Å². The molecule has 0 radical (unpaired) electrons. The molecule has 1 fully saturated rings. The highest BCUT2D eigenvalue weighted by atomic mass is 16.4. The molecule has 1 aromatic carbocycles. The molecule has 1 aliphatic rings. The Bertz CT molecular complexity index is 486. The first-order valence-electron chi connectivity index (χ1n) is 8.40. The van der Waals surface area contributed by atoms with Crippen molar-refractivity contribution < 1.29 is 9.90 Å². The topological polar surface area (TPSA) is 43.8 Å². The summed E-state index contributed by atoms with van der Waals surface area (Å²) in [6, 6.07) is 7.97. The van der Waals surface area contributed by atoms with Gasteiger partial charge in [-0.2, -0.15) is 0 Å². The van der Waals surface area contributed by atoms with Crippen LogP contribution in [0.15, 0.2) is 24.3 Å². The number of nitrogens with zero attached hydrogens (tertiary/aromatic N) is 2. The molecule has 0 aromatic heterocycles. The molecule has 0 spiro atoms. The number of hydrogen-bond donors (Lipinski definition) is 1. The van der Waals surface area contributed by atoms with Gasteiger partial charge in [-0.05, 0) is 30.5 Å². The Morgan fingerprint density at radius 3 is 2.41 bits per heavy atom. The first-order chi connectivity index (χ1) is 10.6. The summed E-state index contributed by atoms with van der Waals surface area (Å²) in [7, 11) is 0. The summed E-state index contributed by atoms with van der Waals surface area (Å²) in [6.45, 7) is 10.1. The van der Waals surface area contributed by atoms with Crippen molar-refractivity contribution in [1.82, 2.24) is 9.80 Å². The molecule has 1 aromatic rings. The van der Waals surface area contributed by atoms with E-state index in [-0.39, 0.29) is 0 Å². The predicted molar refractivity (Wildman–Crippen MR) is 89.1 cm³/mol. The van der Waals surface area contributed by atoms with Crippen LogP contribution >= 0.6 is 0 Å². The Kier molecular flexibility index (Phi) is 5.98. The van der Waals surface area contributed by atoms with Gasteiger partial charge < -0.3 is 5.11 Å². The fraction of sp³-hybridized carbons (Fsp3) is 0.611. The Morgan fingerprint density at radius 2 is 1.91 bits per heavy atom. The number of piperazine rings is 1. The molecule has 0 saturated carbocycles. The fourth-order valence-electron chi connectivity index (χ4n) is 3.40. The third kappa shape index (κ3) is 3.68. The van der Waals surface area contributed by atoms with Crippen LogP contribution in [0.1, 0.15) is 44.4 Å². The zero-order valence-corrected chi connectivity index (χ0v) is 14.0. The summed E-state index contributed by atoms with van der Waals surface area (Å²) in [5, 5.41) is 9.73. The van der Waals surface area contributed by atoms with Crippen molar-refractivity contribution >= 4 is 5.97 Å². The van der Waals surface area contributed by atoms with E-state index in [0.29, 0.717) is 6.04 Å². The lowest BCUT2D eigenvalue weighted by molar-refractivity contribution is -0.145. The molecular weight excluding hydrogens is 276 g/mol. The number of carboxylic acids is 1. The van der Waals surface area contributed by atoms with Crippen molar-refractivity contribution in [3.8, 4) is 0 Å². The van der Waals surface area contributed by atoms with Gasteiger partial charge in [0.2, 0.25) is 0 Å². The number of aryl methyl sites for hydroxylation is 1. The van der Waals surface area contributed by atoms with Crippen LogP contribution in [0.5, 0.6) is 0 Å². The van der Waals surface area contributed by atoms with Crippen LogP contribution in [0.3, 0.4) is 0 Å². The van der Waals surface area contributed by atoms with Crippen LogP contribution in [0, 0.1) is 0 Å². The van der Waals surface area contributed by atoms with Gasteiger partial charge in [0, 0.05) is 25.7 Å². The second-order valence-corrected chi connectivity index (χ2v) is 6.02. The molecule has 0 bridgehead atoms. The van der Waals surface area contributed by atoms with Crippen LogP contribution in [0.25, 0.3) is 0 Å². The highest BCUT2D eigenvalue weighted by molar-refractivity contribution is 5.75. The maximum atomic E-state index is 11.8. The normalized spacial score (nSPS) is 21.7. The summed E-state index contributed by atoms with van der Waals surface area (Å²) in [5.41, 5.74) is 2.14. The van der Waals surface area contributed by atoms with Gasteiger partial charge in [0.05, 0.1) is 0 Å². The largest absolute Gasteiger partial charge is 0.480 e. The van der Waals surface area contributed by atoms with E-state index >= 15 is 0 Å². The molecule has 1 heterocycles. The Labute approximate surface area is 133 Å². The van der Waals surface area contributed by atoms with E-state index in [9.17, 15) is 9.90 Å². The smallest absolute Gasteiger partial charge is 0.325 e. The highest BCUT2D eigenvalue weighted by Gasteiger charge is 2.33. The average molecular weight is 304 g/mol. The van der Waals surface area contributed by atoms with E-state index < -0.39 is 12.0 Å². The first kappa shape index (κ1) is 17.0. The minimum absolute atomic E-state index is 0.454. The van der Waals surface area contributed by atoms with Gasteiger partial charge in [-0.1, -0.05) is 45.0 Å². The zero-order valence-electron chi connectivity index (χ0n) is 14.0. The number of likely N-dealkylation sites (N-methyl/N-ethyl adjacent to an activating group) is 1. The zero-order chi connectivity index (χ0) is 16.1. The summed E-state index contributed by atoms with van der Waals surface area (Å²) in [6.07, 6.45) is 2.04. The molecule has 122 valence electrons. The SMILES string of the molecule is CCc1ccc(C(C(=O)O)N2CCN(CC)C(CC)C2)cc1. The van der Waals surface area contributed by atoms with Gasteiger partial charge in [0.15, 0.2) is 0 Å². The van der Waals surface area contributed by atoms with Gasteiger partial charge in [-0.3, -0.25) is 14.6 Å². The number of aliphatic carboxylic acids is 1. The predicted octanol–water partition coefficient (Wildman–Crippen LogP) is 2.79. The minimum Gasteiger partial charge on any atom is -0.480 e. The number of carbonyl (C=O) groups is 1. The van der Waals surface area contributed by atoms with Crippen LogP contribution in [-0.4, -0.2) is 53.1 Å². The summed E-state index contributed by atoms with van der Waals surface area (Å²) < 4.78 is 0. The van der Waals surface area contributed by atoms with E-state index in [2.05, 4.69) is 30.6 Å². The average Bonchev–Trinajstić information content (AvgIpc) is 2.55. The molecule has 2 unspecified atom stereocenters. The van der Waals surface area contributed by atoms with Gasteiger partial charge in [0.25, 0.3) is 0 Å². The molecule has 1 N–H and O–H groups in total. The second kappa shape index (κ2) is 7.75. The van der Waals surface area contributed by atoms with Crippen LogP contribution in [0.2, 0.25) is 0 Å². The fourth-order valence-corrected chi connectivity index (χ4v) is 3.40. The molecule has 4 nitrogen and oxygen atoms in total. The molecule has 1 aliphatic heterocycles. The molecule has 4 heteroatoms. The highest BCUT2D eigenvalue weighted by Crippen LogP contribution is 2.25. The van der Waals surface area contributed by atoms with Crippen molar-refractivity contribution in [2.24, 2.45) is 0 Å². The van der Waals surface area contributed by atoms with Gasteiger partial charge in [-0.15, -0.1) is 0 Å². The third-order valence-electron chi connectivity index (χ3n) is 4.82. The lowest BCUT2D eigenvalue weighted by Gasteiger charge is -2.43. The molecule has 0 amide bonds. The summed E-state index contributed by atoms with van der Waals surface area (Å²) in [4.78, 5) is 16.4. The van der Waals surface area contributed by atoms with E-state index in [4.69, 9.17) is 0 Å². The lowest BCUT2D eigenvalue weighted by atomic mass is 10.00. The monoisotopic (exact) mass is 304 g/mol. The minimum atomic E-state index is -0.746.